The number of hydrogen-bond acceptors (Lipinski definition) is 4. The van der Waals surface area contributed by atoms with Crippen LogP contribution in [0.25, 0.3) is 56.0 Å². The molecular weight excluding hydrogens is 540 g/mol. The van der Waals surface area contributed by atoms with E-state index in [4.69, 9.17) is 4.98 Å². The lowest BCUT2D eigenvalue weighted by Gasteiger charge is -2.20. The summed E-state index contributed by atoms with van der Waals surface area (Å²) in [5, 5.41) is 23.4. The van der Waals surface area contributed by atoms with Gasteiger partial charge in [-0.1, -0.05) is 97.1 Å². The highest BCUT2D eigenvalue weighted by Gasteiger charge is 2.29. The zero-order valence-electron chi connectivity index (χ0n) is 23.4. The number of hydrogen-bond donors (Lipinski definition) is 0. The Hall–Kier alpha value is -6.30. The summed E-state index contributed by atoms with van der Waals surface area (Å²) < 4.78 is 1.67. The molecule has 44 heavy (non-hydrogen) atoms. The third-order valence-electron chi connectivity index (χ3n) is 8.56. The molecular formula is C39H22N4O. The molecule has 0 radical (unpaired) electrons. The second kappa shape index (κ2) is 9.91. The van der Waals surface area contributed by atoms with Crippen molar-refractivity contribution >= 4 is 44.9 Å². The SMILES string of the molecule is N#CC1=Cc2nc3c4ccc(C#N)c5c(-c6ccccc6)ccc(c(=O)n3c2C=C(c2ccccc2)C1c1ccccc1)c54. The number of rotatable bonds is 3. The molecule has 5 heteroatoms. The van der Waals surface area contributed by atoms with Gasteiger partial charge in [0.05, 0.1) is 29.1 Å². The number of benzene rings is 5. The summed E-state index contributed by atoms with van der Waals surface area (Å²) in [6.07, 6.45) is 3.83. The second-order valence-corrected chi connectivity index (χ2v) is 10.9. The van der Waals surface area contributed by atoms with Crippen molar-refractivity contribution in [1.82, 2.24) is 9.38 Å². The van der Waals surface area contributed by atoms with E-state index >= 15 is 0 Å². The number of fused-ring (bicyclic) bond motifs is 4. The van der Waals surface area contributed by atoms with E-state index in [1.165, 1.54) is 0 Å². The highest BCUT2D eigenvalue weighted by atomic mass is 16.1. The molecule has 5 nitrogen and oxygen atoms in total. The fourth-order valence-electron chi connectivity index (χ4n) is 6.62. The summed E-state index contributed by atoms with van der Waals surface area (Å²) in [6, 6.07) is 42.1. The Labute approximate surface area is 252 Å². The summed E-state index contributed by atoms with van der Waals surface area (Å²) in [4.78, 5) is 19.5. The van der Waals surface area contributed by atoms with Crippen LogP contribution in [0.4, 0.5) is 0 Å². The molecule has 2 aromatic heterocycles. The van der Waals surface area contributed by atoms with Gasteiger partial charge in [0.2, 0.25) is 0 Å². The maximum absolute atomic E-state index is 14.5. The molecule has 8 rings (SSSR count). The lowest BCUT2D eigenvalue weighted by Crippen LogP contribution is -2.15. The van der Waals surface area contributed by atoms with Crippen LogP contribution in [0.3, 0.4) is 0 Å². The Morgan fingerprint density at radius 2 is 1.32 bits per heavy atom. The smallest absolute Gasteiger partial charge is 0.264 e. The minimum Gasteiger partial charge on any atom is -0.268 e. The van der Waals surface area contributed by atoms with Crippen LogP contribution in [-0.2, 0) is 0 Å². The molecule has 0 saturated carbocycles. The Bertz CT molecular complexity index is 2460. The van der Waals surface area contributed by atoms with Gasteiger partial charge >= 0.3 is 0 Å². The molecule has 5 aromatic carbocycles. The van der Waals surface area contributed by atoms with Gasteiger partial charge in [-0.2, -0.15) is 10.5 Å². The number of allylic oxidation sites excluding steroid dienone is 2. The Kier molecular flexibility index (Phi) is 5.72. The number of aromatic nitrogens is 2. The van der Waals surface area contributed by atoms with Crippen LogP contribution in [0.2, 0.25) is 0 Å². The lowest BCUT2D eigenvalue weighted by atomic mass is 9.82. The van der Waals surface area contributed by atoms with Crippen molar-refractivity contribution in [3.05, 3.63) is 159 Å². The van der Waals surface area contributed by atoms with Crippen LogP contribution in [0.15, 0.2) is 126 Å². The summed E-state index contributed by atoms with van der Waals surface area (Å²) in [5.74, 6) is -0.338. The highest BCUT2D eigenvalue weighted by molar-refractivity contribution is 6.20. The highest BCUT2D eigenvalue weighted by Crippen LogP contribution is 2.43. The van der Waals surface area contributed by atoms with Gasteiger partial charge in [-0.05, 0) is 58.2 Å². The molecule has 0 saturated heterocycles. The third-order valence-corrected chi connectivity index (χ3v) is 8.56. The van der Waals surface area contributed by atoms with Crippen molar-refractivity contribution in [1.29, 1.82) is 10.5 Å². The summed E-state index contributed by atoms with van der Waals surface area (Å²) in [6.45, 7) is 0. The number of nitrogens with zero attached hydrogens (tertiary/aromatic N) is 4. The topological polar surface area (TPSA) is 81.9 Å². The first-order valence-corrected chi connectivity index (χ1v) is 14.3. The second-order valence-electron chi connectivity index (χ2n) is 10.9. The summed E-state index contributed by atoms with van der Waals surface area (Å²) >= 11 is 0. The normalized spacial score (nSPS) is 14.5. The van der Waals surface area contributed by atoms with Gasteiger partial charge < -0.3 is 0 Å². The molecule has 0 amide bonds. The Balaban J connectivity index is 1.50. The molecule has 0 fully saturated rings. The Morgan fingerprint density at radius 1 is 0.659 bits per heavy atom. The molecule has 2 heterocycles. The molecule has 1 aliphatic rings. The van der Waals surface area contributed by atoms with Crippen LogP contribution in [0.5, 0.6) is 0 Å². The monoisotopic (exact) mass is 562 g/mol. The van der Waals surface area contributed by atoms with Crippen molar-refractivity contribution in [2.24, 2.45) is 0 Å². The van der Waals surface area contributed by atoms with Crippen LogP contribution in [-0.4, -0.2) is 9.38 Å². The van der Waals surface area contributed by atoms with Gasteiger partial charge in [-0.3, -0.25) is 9.20 Å². The predicted molar refractivity (Wildman–Crippen MR) is 175 cm³/mol. The standard InChI is InChI=1S/C39H22N4O/c40-22-27-16-17-30-37-31(19-18-29(36(27)37)24-10-4-1-5-11-24)39(44)43-34-21-32(25-12-6-2-7-13-25)35(26-14-8-3-9-15-26)28(23-41)20-33(34)42-38(30)43/h1-21,35H. The largest absolute Gasteiger partial charge is 0.268 e. The van der Waals surface area contributed by atoms with Crippen LogP contribution in [0.1, 0.15) is 34.0 Å². The first-order valence-electron chi connectivity index (χ1n) is 14.3. The van der Waals surface area contributed by atoms with Crippen molar-refractivity contribution in [3.63, 3.8) is 0 Å². The predicted octanol–water partition coefficient (Wildman–Crippen LogP) is 8.22. The molecule has 0 aliphatic heterocycles. The number of nitriles is 2. The first kappa shape index (κ1) is 25.4. The van der Waals surface area contributed by atoms with E-state index in [0.717, 1.165) is 44.0 Å². The van der Waals surface area contributed by atoms with Crippen LogP contribution < -0.4 is 5.56 Å². The van der Waals surface area contributed by atoms with E-state index in [1.807, 2.05) is 121 Å². The molecule has 7 aromatic rings. The van der Waals surface area contributed by atoms with E-state index in [-0.39, 0.29) is 11.5 Å². The van der Waals surface area contributed by atoms with Gasteiger partial charge in [-0.15, -0.1) is 0 Å². The third kappa shape index (κ3) is 3.71. The zero-order chi connectivity index (χ0) is 29.8. The molecule has 204 valence electrons. The average molecular weight is 563 g/mol. The van der Waals surface area contributed by atoms with Crippen molar-refractivity contribution in [3.8, 4) is 23.3 Å². The summed E-state index contributed by atoms with van der Waals surface area (Å²) in [7, 11) is 0. The van der Waals surface area contributed by atoms with Gasteiger partial charge in [0.1, 0.15) is 5.65 Å². The zero-order valence-corrected chi connectivity index (χ0v) is 23.4. The Morgan fingerprint density at radius 3 is 2.00 bits per heavy atom. The first-order chi connectivity index (χ1) is 21.7. The lowest BCUT2D eigenvalue weighted by molar-refractivity contribution is 1.06. The number of pyridine rings is 1. The minimum absolute atomic E-state index is 0.213. The van der Waals surface area contributed by atoms with E-state index in [2.05, 4.69) is 12.1 Å². The molecule has 1 unspecified atom stereocenters. The van der Waals surface area contributed by atoms with E-state index in [0.29, 0.717) is 33.6 Å². The van der Waals surface area contributed by atoms with Crippen LogP contribution >= 0.6 is 0 Å². The van der Waals surface area contributed by atoms with Crippen molar-refractivity contribution in [2.45, 2.75) is 5.92 Å². The molecule has 0 spiro atoms. The van der Waals surface area contributed by atoms with Crippen LogP contribution in [0, 0.1) is 22.7 Å². The molecule has 1 atom stereocenters. The van der Waals surface area contributed by atoms with Gasteiger partial charge in [0, 0.05) is 33.0 Å². The summed E-state index contributed by atoms with van der Waals surface area (Å²) in [5.41, 5.74) is 7.24. The van der Waals surface area contributed by atoms with Gasteiger partial charge in [-0.25, -0.2) is 4.98 Å². The van der Waals surface area contributed by atoms with E-state index < -0.39 is 0 Å². The minimum atomic E-state index is -0.338. The maximum atomic E-state index is 14.5. The maximum Gasteiger partial charge on any atom is 0.264 e. The van der Waals surface area contributed by atoms with Crippen molar-refractivity contribution in [2.75, 3.05) is 0 Å². The average Bonchev–Trinajstić information content (AvgIpc) is 3.36. The fourth-order valence-corrected chi connectivity index (χ4v) is 6.62. The quantitative estimate of drug-likeness (QED) is 0.217. The van der Waals surface area contributed by atoms with Gasteiger partial charge in [0.15, 0.2) is 0 Å². The molecule has 1 aliphatic carbocycles. The number of imidazole rings is 1. The van der Waals surface area contributed by atoms with Crippen molar-refractivity contribution < 1.29 is 0 Å². The molecule has 0 bridgehead atoms. The molecule has 0 N–H and O–H groups in total. The van der Waals surface area contributed by atoms with E-state index in [1.54, 1.807) is 10.5 Å². The van der Waals surface area contributed by atoms with Gasteiger partial charge in [0.25, 0.3) is 5.56 Å². The van der Waals surface area contributed by atoms with E-state index in [9.17, 15) is 15.3 Å². The fraction of sp³-hybridized carbons (Fsp3) is 0.0256.